The highest BCUT2D eigenvalue weighted by Gasteiger charge is 2.25. The van der Waals surface area contributed by atoms with Crippen LogP contribution < -0.4 is 5.32 Å². The van der Waals surface area contributed by atoms with Gasteiger partial charge >= 0.3 is 0 Å². The number of rotatable bonds is 6. The molecule has 0 radical (unpaired) electrons. The molecule has 19 heavy (non-hydrogen) atoms. The Kier molecular flexibility index (Phi) is 5.31. The van der Waals surface area contributed by atoms with Gasteiger partial charge in [-0.15, -0.1) is 6.42 Å². The fraction of sp³-hybridized carbons (Fsp3) is 0.385. The van der Waals surface area contributed by atoms with Gasteiger partial charge in [0.25, 0.3) is 0 Å². The number of hydrogen-bond acceptors (Lipinski definition) is 4. The number of amides is 1. The number of nitriles is 1. The lowest BCUT2D eigenvalue weighted by atomic mass is 9.99. The lowest BCUT2D eigenvalue weighted by Crippen LogP contribution is -2.34. The third-order valence-electron chi connectivity index (χ3n) is 2.50. The van der Waals surface area contributed by atoms with Crippen LogP contribution in [0.3, 0.4) is 0 Å². The number of terminal acetylenes is 1. The zero-order valence-electron chi connectivity index (χ0n) is 10.6. The van der Waals surface area contributed by atoms with Crippen molar-refractivity contribution in [2.45, 2.75) is 12.8 Å². The molecule has 0 aromatic carbocycles. The molecule has 0 saturated carbocycles. The number of carbonyl (C=O) groups excluding carboxylic acids is 2. The first kappa shape index (κ1) is 14.5. The number of carbonyl (C=O) groups is 2. The summed E-state index contributed by atoms with van der Waals surface area (Å²) in [6.45, 7) is 0.00684. The van der Waals surface area contributed by atoms with E-state index in [1.807, 2.05) is 0 Å². The summed E-state index contributed by atoms with van der Waals surface area (Å²) in [5.74, 6) is -0.145. The van der Waals surface area contributed by atoms with E-state index in [-0.39, 0.29) is 13.0 Å². The summed E-state index contributed by atoms with van der Waals surface area (Å²) in [5.41, 5.74) is 0.886. The quantitative estimate of drug-likeness (QED) is 0.566. The fourth-order valence-electron chi connectivity index (χ4n) is 1.53. The highest BCUT2D eigenvalue weighted by atomic mass is 16.2. The van der Waals surface area contributed by atoms with E-state index in [0.717, 1.165) is 5.56 Å². The van der Waals surface area contributed by atoms with E-state index in [1.165, 1.54) is 0 Å². The number of hydrogen-bond donors (Lipinski definition) is 1. The summed E-state index contributed by atoms with van der Waals surface area (Å²) in [6, 6.07) is 1.70. The van der Waals surface area contributed by atoms with Crippen LogP contribution in [-0.2, 0) is 23.1 Å². The number of nitrogens with zero attached hydrogens (tertiary/aromatic N) is 3. The Labute approximate surface area is 111 Å². The summed E-state index contributed by atoms with van der Waals surface area (Å²) in [5, 5.41) is 15.2. The summed E-state index contributed by atoms with van der Waals surface area (Å²) >= 11 is 0. The van der Waals surface area contributed by atoms with Gasteiger partial charge in [0.15, 0.2) is 11.7 Å². The van der Waals surface area contributed by atoms with Crippen LogP contribution in [0.1, 0.15) is 12.0 Å². The number of aromatic nitrogens is 2. The topological polar surface area (TPSA) is 87.8 Å². The van der Waals surface area contributed by atoms with Gasteiger partial charge in [-0.2, -0.15) is 10.4 Å². The smallest absolute Gasteiger partial charge is 0.245 e. The van der Waals surface area contributed by atoms with Crippen LogP contribution in [0.4, 0.5) is 0 Å². The Morgan fingerprint density at radius 3 is 2.89 bits per heavy atom. The van der Waals surface area contributed by atoms with Crippen LogP contribution >= 0.6 is 0 Å². The normalized spacial score (nSPS) is 11.1. The standard InChI is InChI=1S/C13H14N4O2/c1-3-6-15-13(19)11(7-14)12(18)5-4-10-8-16-17(2)9-10/h1,8-9,11H,4-6H2,2H3,(H,15,19). The van der Waals surface area contributed by atoms with E-state index in [2.05, 4.69) is 16.3 Å². The van der Waals surface area contributed by atoms with Gasteiger partial charge in [0.2, 0.25) is 5.91 Å². The second-order valence-electron chi connectivity index (χ2n) is 3.97. The van der Waals surface area contributed by atoms with Crippen LogP contribution in [0.15, 0.2) is 12.4 Å². The van der Waals surface area contributed by atoms with Gasteiger partial charge in [-0.3, -0.25) is 14.3 Å². The Balaban J connectivity index is 2.53. The third-order valence-corrected chi connectivity index (χ3v) is 2.50. The predicted octanol–water partition coefficient (Wildman–Crippen LogP) is -0.189. The Morgan fingerprint density at radius 2 is 2.37 bits per heavy atom. The molecule has 0 aliphatic carbocycles. The van der Waals surface area contributed by atoms with Crippen LogP contribution in [0.5, 0.6) is 0 Å². The molecular weight excluding hydrogens is 244 g/mol. The molecule has 1 amide bonds. The Hall–Kier alpha value is -2.60. The zero-order valence-corrected chi connectivity index (χ0v) is 10.6. The van der Waals surface area contributed by atoms with Crippen molar-refractivity contribution in [1.29, 1.82) is 5.26 Å². The van der Waals surface area contributed by atoms with Gasteiger partial charge in [0.1, 0.15) is 0 Å². The van der Waals surface area contributed by atoms with Crippen molar-refractivity contribution in [3.63, 3.8) is 0 Å². The molecule has 1 aromatic heterocycles. The summed E-state index contributed by atoms with van der Waals surface area (Å²) < 4.78 is 1.63. The van der Waals surface area contributed by atoms with Gasteiger partial charge in [0.05, 0.1) is 18.8 Å². The molecule has 98 valence electrons. The monoisotopic (exact) mass is 258 g/mol. The summed E-state index contributed by atoms with van der Waals surface area (Å²) in [4.78, 5) is 23.3. The molecule has 0 saturated heterocycles. The molecule has 0 fully saturated rings. The van der Waals surface area contributed by atoms with E-state index in [1.54, 1.807) is 30.2 Å². The van der Waals surface area contributed by atoms with Crippen LogP contribution in [0, 0.1) is 29.6 Å². The number of nitrogens with one attached hydrogen (secondary N) is 1. The molecule has 6 nitrogen and oxygen atoms in total. The van der Waals surface area contributed by atoms with Crippen molar-refractivity contribution in [3.05, 3.63) is 18.0 Å². The van der Waals surface area contributed by atoms with E-state index < -0.39 is 17.6 Å². The van der Waals surface area contributed by atoms with Gasteiger partial charge < -0.3 is 5.32 Å². The van der Waals surface area contributed by atoms with Crippen LogP contribution in [0.2, 0.25) is 0 Å². The van der Waals surface area contributed by atoms with Gasteiger partial charge in [-0.05, 0) is 12.0 Å². The van der Waals surface area contributed by atoms with Crippen molar-refractivity contribution in [2.75, 3.05) is 6.54 Å². The molecule has 6 heteroatoms. The van der Waals surface area contributed by atoms with Gasteiger partial charge in [-0.1, -0.05) is 5.92 Å². The van der Waals surface area contributed by atoms with E-state index in [0.29, 0.717) is 6.42 Å². The molecule has 1 rings (SSSR count). The first-order valence-electron chi connectivity index (χ1n) is 5.69. The number of aryl methyl sites for hydroxylation is 2. The molecule has 0 spiro atoms. The Bertz CT molecular complexity index is 548. The van der Waals surface area contributed by atoms with Crippen LogP contribution in [-0.4, -0.2) is 28.0 Å². The van der Waals surface area contributed by atoms with Crippen molar-refractivity contribution in [3.8, 4) is 18.4 Å². The van der Waals surface area contributed by atoms with E-state index in [4.69, 9.17) is 11.7 Å². The highest BCUT2D eigenvalue weighted by Crippen LogP contribution is 2.07. The lowest BCUT2D eigenvalue weighted by Gasteiger charge is -2.07. The summed E-state index contributed by atoms with van der Waals surface area (Å²) in [7, 11) is 1.77. The molecule has 1 N–H and O–H groups in total. The minimum absolute atomic E-state index is 0.00684. The van der Waals surface area contributed by atoms with E-state index in [9.17, 15) is 9.59 Å². The molecule has 1 atom stereocenters. The lowest BCUT2D eigenvalue weighted by molar-refractivity contribution is -0.131. The minimum Gasteiger partial charge on any atom is -0.344 e. The third kappa shape index (κ3) is 4.29. The van der Waals surface area contributed by atoms with Crippen molar-refractivity contribution >= 4 is 11.7 Å². The minimum atomic E-state index is -1.30. The first-order chi connectivity index (χ1) is 9.08. The highest BCUT2D eigenvalue weighted by molar-refractivity contribution is 6.04. The molecule has 0 aliphatic heterocycles. The van der Waals surface area contributed by atoms with Crippen molar-refractivity contribution < 1.29 is 9.59 Å². The SMILES string of the molecule is C#CCNC(=O)C(C#N)C(=O)CCc1cnn(C)c1. The molecular formula is C13H14N4O2. The molecule has 1 aromatic rings. The average Bonchev–Trinajstić information content (AvgIpc) is 2.80. The molecule has 0 aliphatic rings. The molecule has 1 unspecified atom stereocenters. The first-order valence-corrected chi connectivity index (χ1v) is 5.69. The molecule has 1 heterocycles. The average molecular weight is 258 g/mol. The number of Topliss-reactive ketones (excluding diaryl/α,β-unsaturated/α-hetero) is 1. The molecule has 0 bridgehead atoms. The van der Waals surface area contributed by atoms with Crippen LogP contribution in [0.25, 0.3) is 0 Å². The zero-order chi connectivity index (χ0) is 14.3. The largest absolute Gasteiger partial charge is 0.344 e. The van der Waals surface area contributed by atoms with Crippen molar-refractivity contribution in [2.24, 2.45) is 13.0 Å². The fourth-order valence-corrected chi connectivity index (χ4v) is 1.53. The van der Waals surface area contributed by atoms with Crippen molar-refractivity contribution in [1.82, 2.24) is 15.1 Å². The van der Waals surface area contributed by atoms with Gasteiger partial charge in [-0.25, -0.2) is 0 Å². The second-order valence-corrected chi connectivity index (χ2v) is 3.97. The predicted molar refractivity (Wildman–Crippen MR) is 67.5 cm³/mol. The maximum absolute atomic E-state index is 11.8. The maximum Gasteiger partial charge on any atom is 0.245 e. The van der Waals surface area contributed by atoms with Gasteiger partial charge in [0, 0.05) is 19.7 Å². The second kappa shape index (κ2) is 6.97. The Morgan fingerprint density at radius 1 is 1.63 bits per heavy atom. The maximum atomic E-state index is 11.8. The number of ketones is 1. The summed E-state index contributed by atoms with van der Waals surface area (Å²) in [6.07, 6.45) is 8.99. The van der Waals surface area contributed by atoms with E-state index >= 15 is 0 Å².